The van der Waals surface area contributed by atoms with E-state index in [9.17, 15) is 8.78 Å². The Kier molecular flexibility index (Phi) is 5.88. The Morgan fingerprint density at radius 2 is 1.47 bits per heavy atom. The van der Waals surface area contributed by atoms with Gasteiger partial charge in [-0.2, -0.15) is 0 Å². The highest BCUT2D eigenvalue weighted by Crippen LogP contribution is 2.18. The van der Waals surface area contributed by atoms with Gasteiger partial charge in [-0.15, -0.1) is 0 Å². The van der Waals surface area contributed by atoms with Gasteiger partial charge in [-0.3, -0.25) is 0 Å². The summed E-state index contributed by atoms with van der Waals surface area (Å²) in [5.74, 6) is 0. The van der Waals surface area contributed by atoms with E-state index in [0.29, 0.717) is 0 Å². The van der Waals surface area contributed by atoms with Gasteiger partial charge in [0.25, 0.3) is 0 Å². The number of alkyl halides is 2. The minimum Gasteiger partial charge on any atom is -0.346 e. The molecule has 0 N–H and O–H groups in total. The molecule has 0 aliphatic heterocycles. The molecule has 0 unspecified atom stereocenters. The summed E-state index contributed by atoms with van der Waals surface area (Å²) in [5.41, 5.74) is 0.763. The average Bonchev–Trinajstić information content (AvgIpc) is 2.30. The smallest absolute Gasteiger partial charge is 0.184 e. The molecule has 0 radical (unpaired) electrons. The van der Waals surface area contributed by atoms with Crippen LogP contribution in [-0.2, 0) is 9.47 Å². The summed E-state index contributed by atoms with van der Waals surface area (Å²) in [4.78, 5) is 0. The summed E-state index contributed by atoms with van der Waals surface area (Å²) in [5, 5.41) is 0. The van der Waals surface area contributed by atoms with Gasteiger partial charge in [-0.05, 0) is 0 Å². The van der Waals surface area contributed by atoms with Crippen molar-refractivity contribution in [2.75, 3.05) is 26.6 Å². The molecule has 15 heavy (non-hydrogen) atoms. The van der Waals surface area contributed by atoms with Crippen LogP contribution in [0, 0.1) is 0 Å². The van der Waals surface area contributed by atoms with Crippen molar-refractivity contribution in [2.24, 2.45) is 0 Å². The lowest BCUT2D eigenvalue weighted by molar-refractivity contribution is -0.150. The second-order valence-corrected chi connectivity index (χ2v) is 2.86. The lowest BCUT2D eigenvalue weighted by Crippen LogP contribution is -2.12. The molecule has 0 saturated heterocycles. The van der Waals surface area contributed by atoms with Gasteiger partial charge in [0.15, 0.2) is 6.29 Å². The number of rotatable bonds is 7. The van der Waals surface area contributed by atoms with Crippen LogP contribution in [0.25, 0.3) is 0 Å². The standard InChI is InChI=1S/C11H14F2O2/c12-6-8-14-11(15-9-7-13)10-4-2-1-3-5-10/h1-5,11H,6-9H2. The molecule has 2 nitrogen and oxygen atoms in total. The molecule has 0 aliphatic rings. The maximum Gasteiger partial charge on any atom is 0.184 e. The molecule has 0 aliphatic carbocycles. The fourth-order valence-electron chi connectivity index (χ4n) is 1.15. The van der Waals surface area contributed by atoms with Crippen molar-refractivity contribution >= 4 is 0 Å². The minimum absolute atomic E-state index is 0.0498. The Bertz CT molecular complexity index is 246. The summed E-state index contributed by atoms with van der Waals surface area (Å²) in [6.07, 6.45) is -0.683. The third-order valence-electron chi connectivity index (χ3n) is 1.76. The molecule has 0 bridgehead atoms. The van der Waals surface area contributed by atoms with Crippen LogP contribution in [0.1, 0.15) is 11.9 Å². The third kappa shape index (κ3) is 4.36. The maximum absolute atomic E-state index is 11.9. The molecule has 0 atom stereocenters. The maximum atomic E-state index is 11.9. The van der Waals surface area contributed by atoms with E-state index in [0.717, 1.165) is 5.56 Å². The summed E-state index contributed by atoms with van der Waals surface area (Å²) in [6.45, 7) is -1.26. The van der Waals surface area contributed by atoms with Crippen LogP contribution in [0.15, 0.2) is 30.3 Å². The van der Waals surface area contributed by atoms with Gasteiger partial charge in [0.05, 0.1) is 13.2 Å². The van der Waals surface area contributed by atoms with Crippen LogP contribution in [0.5, 0.6) is 0 Å². The van der Waals surface area contributed by atoms with Crippen LogP contribution in [-0.4, -0.2) is 26.6 Å². The number of halogens is 2. The van der Waals surface area contributed by atoms with Gasteiger partial charge in [0.2, 0.25) is 0 Å². The number of hydrogen-bond acceptors (Lipinski definition) is 2. The topological polar surface area (TPSA) is 18.5 Å². The molecule has 1 aromatic carbocycles. The number of ether oxygens (including phenoxy) is 2. The molecule has 0 spiro atoms. The van der Waals surface area contributed by atoms with E-state index in [-0.39, 0.29) is 13.2 Å². The highest BCUT2D eigenvalue weighted by molar-refractivity contribution is 5.15. The Hall–Kier alpha value is -1.00. The zero-order chi connectivity index (χ0) is 10.9. The summed E-state index contributed by atoms with van der Waals surface area (Å²) < 4.78 is 34.1. The first-order valence-electron chi connectivity index (χ1n) is 4.78. The van der Waals surface area contributed by atoms with E-state index in [1.54, 1.807) is 12.1 Å². The molecule has 84 valence electrons. The molecule has 1 aromatic rings. The zero-order valence-electron chi connectivity index (χ0n) is 8.36. The summed E-state index contributed by atoms with van der Waals surface area (Å²) in [7, 11) is 0. The normalized spacial score (nSPS) is 10.9. The number of hydrogen-bond donors (Lipinski definition) is 0. The first kappa shape index (κ1) is 12.1. The first-order valence-corrected chi connectivity index (χ1v) is 4.78. The molecule has 0 fully saturated rings. The molecular formula is C11H14F2O2. The Morgan fingerprint density at radius 3 is 1.93 bits per heavy atom. The highest BCUT2D eigenvalue weighted by Gasteiger charge is 2.11. The van der Waals surface area contributed by atoms with Crippen molar-refractivity contribution in [3.63, 3.8) is 0 Å². The minimum atomic E-state index is -0.683. The quantitative estimate of drug-likeness (QED) is 0.652. The van der Waals surface area contributed by atoms with Crippen molar-refractivity contribution in [1.29, 1.82) is 0 Å². The van der Waals surface area contributed by atoms with E-state index in [4.69, 9.17) is 9.47 Å². The fraction of sp³-hybridized carbons (Fsp3) is 0.455. The lowest BCUT2D eigenvalue weighted by atomic mass is 10.2. The van der Waals surface area contributed by atoms with Crippen molar-refractivity contribution in [3.05, 3.63) is 35.9 Å². The molecule has 0 saturated carbocycles. The van der Waals surface area contributed by atoms with E-state index in [1.807, 2.05) is 18.2 Å². The van der Waals surface area contributed by atoms with E-state index in [2.05, 4.69) is 0 Å². The zero-order valence-corrected chi connectivity index (χ0v) is 8.36. The van der Waals surface area contributed by atoms with Gasteiger partial charge in [0, 0.05) is 5.56 Å². The molecule has 0 aromatic heterocycles. The Morgan fingerprint density at radius 1 is 0.933 bits per heavy atom. The largest absolute Gasteiger partial charge is 0.346 e. The summed E-state index contributed by atoms with van der Waals surface area (Å²) >= 11 is 0. The van der Waals surface area contributed by atoms with Crippen molar-refractivity contribution in [2.45, 2.75) is 6.29 Å². The van der Waals surface area contributed by atoms with Gasteiger partial charge in [-0.25, -0.2) is 8.78 Å². The Labute approximate surface area is 87.8 Å². The SMILES string of the molecule is FCCOC(OCCF)c1ccccc1. The van der Waals surface area contributed by atoms with E-state index >= 15 is 0 Å². The predicted octanol–water partition coefficient (Wildman–Crippen LogP) is 2.66. The predicted molar refractivity (Wildman–Crippen MR) is 53.0 cm³/mol. The second kappa shape index (κ2) is 7.31. The lowest BCUT2D eigenvalue weighted by Gasteiger charge is -2.17. The van der Waals surface area contributed by atoms with Crippen LogP contribution in [0.4, 0.5) is 8.78 Å². The van der Waals surface area contributed by atoms with Crippen molar-refractivity contribution in [1.82, 2.24) is 0 Å². The molecular weight excluding hydrogens is 202 g/mol. The van der Waals surface area contributed by atoms with Gasteiger partial charge in [-0.1, -0.05) is 30.3 Å². The Balaban J connectivity index is 2.55. The van der Waals surface area contributed by atoms with Crippen LogP contribution >= 0.6 is 0 Å². The van der Waals surface area contributed by atoms with Gasteiger partial charge >= 0.3 is 0 Å². The monoisotopic (exact) mass is 216 g/mol. The molecule has 0 heterocycles. The van der Waals surface area contributed by atoms with Crippen molar-refractivity contribution < 1.29 is 18.3 Å². The molecule has 0 amide bonds. The number of benzene rings is 1. The molecule has 4 heteroatoms. The molecule has 1 rings (SSSR count). The van der Waals surface area contributed by atoms with Crippen LogP contribution < -0.4 is 0 Å². The summed E-state index contributed by atoms with van der Waals surface area (Å²) in [6, 6.07) is 9.08. The van der Waals surface area contributed by atoms with Gasteiger partial charge in [0.1, 0.15) is 13.3 Å². The average molecular weight is 216 g/mol. The van der Waals surface area contributed by atoms with Gasteiger partial charge < -0.3 is 9.47 Å². The van der Waals surface area contributed by atoms with Crippen molar-refractivity contribution in [3.8, 4) is 0 Å². The second-order valence-electron chi connectivity index (χ2n) is 2.86. The third-order valence-corrected chi connectivity index (χ3v) is 1.76. The van der Waals surface area contributed by atoms with Crippen LogP contribution in [0.3, 0.4) is 0 Å². The van der Waals surface area contributed by atoms with E-state index < -0.39 is 19.6 Å². The first-order chi connectivity index (χ1) is 7.38. The fourth-order valence-corrected chi connectivity index (χ4v) is 1.15. The van der Waals surface area contributed by atoms with E-state index in [1.165, 1.54) is 0 Å². The highest BCUT2D eigenvalue weighted by atomic mass is 19.1. The van der Waals surface area contributed by atoms with Crippen LogP contribution in [0.2, 0.25) is 0 Å².